The van der Waals surface area contributed by atoms with Gasteiger partial charge in [0.25, 0.3) is 0 Å². The summed E-state index contributed by atoms with van der Waals surface area (Å²) in [5.74, 6) is -0.558. The summed E-state index contributed by atoms with van der Waals surface area (Å²) >= 11 is 0. The summed E-state index contributed by atoms with van der Waals surface area (Å²) in [4.78, 5) is 41.0. The smallest absolute Gasteiger partial charge is 0.247 e. The van der Waals surface area contributed by atoms with Crippen LogP contribution in [0, 0.1) is 23.7 Å². The lowest BCUT2D eigenvalue weighted by Gasteiger charge is -2.22. The molecule has 5 nitrogen and oxygen atoms in total. The molecule has 3 amide bonds. The third-order valence-corrected chi connectivity index (χ3v) is 6.04. The molecule has 2 fully saturated rings. The number of imide groups is 1. The van der Waals surface area contributed by atoms with Gasteiger partial charge in [-0.3, -0.25) is 19.3 Å². The average Bonchev–Trinajstić information content (AvgIpc) is 3.33. The molecule has 24 heavy (non-hydrogen) atoms. The summed E-state index contributed by atoms with van der Waals surface area (Å²) < 4.78 is 0. The van der Waals surface area contributed by atoms with Crippen molar-refractivity contribution in [1.82, 2.24) is 4.90 Å². The molecule has 0 radical (unpaired) electrons. The fourth-order valence-electron chi connectivity index (χ4n) is 4.94. The van der Waals surface area contributed by atoms with Crippen molar-refractivity contribution in [3.8, 4) is 0 Å². The van der Waals surface area contributed by atoms with Crippen molar-refractivity contribution in [2.24, 2.45) is 23.7 Å². The first kappa shape index (κ1) is 14.0. The van der Waals surface area contributed by atoms with Gasteiger partial charge in [-0.05, 0) is 36.3 Å². The number of hydrogen-bond acceptors (Lipinski definition) is 3. The van der Waals surface area contributed by atoms with Crippen LogP contribution in [0.15, 0.2) is 36.4 Å². The van der Waals surface area contributed by atoms with E-state index >= 15 is 0 Å². The Morgan fingerprint density at radius 3 is 2.42 bits per heavy atom. The first-order valence-corrected chi connectivity index (χ1v) is 8.57. The molecule has 0 unspecified atom stereocenters. The van der Waals surface area contributed by atoms with E-state index in [1.807, 2.05) is 24.3 Å². The summed E-state index contributed by atoms with van der Waals surface area (Å²) in [7, 11) is 0. The highest BCUT2D eigenvalue weighted by molar-refractivity contribution is 6.10. The molecule has 0 spiro atoms. The van der Waals surface area contributed by atoms with E-state index in [2.05, 4.69) is 12.2 Å². The Morgan fingerprint density at radius 2 is 1.71 bits per heavy atom. The molecule has 1 aromatic rings. The number of allylic oxidation sites excluding steroid dienone is 2. The molecule has 0 N–H and O–H groups in total. The second kappa shape index (κ2) is 4.79. The lowest BCUT2D eigenvalue weighted by molar-refractivity contribution is -0.143. The van der Waals surface area contributed by atoms with E-state index in [1.165, 1.54) is 4.90 Å². The second-order valence-electron chi connectivity index (χ2n) is 7.19. The van der Waals surface area contributed by atoms with E-state index < -0.39 is 0 Å². The number of anilines is 1. The molecule has 1 saturated heterocycles. The highest BCUT2D eigenvalue weighted by Gasteiger charge is 2.59. The van der Waals surface area contributed by atoms with Gasteiger partial charge in [-0.1, -0.05) is 30.4 Å². The molecule has 2 aliphatic carbocycles. The van der Waals surface area contributed by atoms with E-state index in [0.29, 0.717) is 6.54 Å². The van der Waals surface area contributed by atoms with Crippen LogP contribution in [0.3, 0.4) is 0 Å². The molecule has 4 aliphatic rings. The van der Waals surface area contributed by atoms with Crippen molar-refractivity contribution < 1.29 is 14.4 Å². The van der Waals surface area contributed by atoms with Gasteiger partial charge in [-0.25, -0.2) is 0 Å². The van der Waals surface area contributed by atoms with E-state index in [-0.39, 0.29) is 47.9 Å². The van der Waals surface area contributed by atoms with Crippen LogP contribution in [0.25, 0.3) is 0 Å². The van der Waals surface area contributed by atoms with Crippen molar-refractivity contribution >= 4 is 23.4 Å². The monoisotopic (exact) mass is 322 g/mol. The van der Waals surface area contributed by atoms with Gasteiger partial charge in [-0.2, -0.15) is 0 Å². The SMILES string of the molecule is O=C1[C@@H]2[C@@H](C(=O)N1CC(=O)N1CCc3ccccc31)[C@H]1C=C[C@H]2C1. The number of carbonyl (C=O) groups excluding carboxylic acids is 3. The molecule has 0 aromatic heterocycles. The lowest BCUT2D eigenvalue weighted by atomic mass is 9.85. The summed E-state index contributed by atoms with van der Waals surface area (Å²) in [6.45, 7) is 0.493. The molecule has 122 valence electrons. The summed E-state index contributed by atoms with van der Waals surface area (Å²) in [5.41, 5.74) is 2.05. The number of likely N-dealkylation sites (tertiary alicyclic amines) is 1. The molecule has 1 aromatic carbocycles. The fraction of sp³-hybridized carbons (Fsp3) is 0.421. The van der Waals surface area contributed by atoms with Gasteiger partial charge in [-0.15, -0.1) is 0 Å². The predicted octanol–water partition coefficient (Wildman–Crippen LogP) is 1.38. The summed E-state index contributed by atoms with van der Waals surface area (Å²) in [6, 6.07) is 7.81. The maximum atomic E-state index is 12.7. The van der Waals surface area contributed by atoms with Gasteiger partial charge in [0.15, 0.2) is 0 Å². The van der Waals surface area contributed by atoms with Crippen molar-refractivity contribution in [3.05, 3.63) is 42.0 Å². The number of benzene rings is 1. The fourth-order valence-corrected chi connectivity index (χ4v) is 4.94. The maximum Gasteiger partial charge on any atom is 0.247 e. The zero-order valence-corrected chi connectivity index (χ0v) is 13.2. The van der Waals surface area contributed by atoms with Gasteiger partial charge < -0.3 is 4.90 Å². The van der Waals surface area contributed by atoms with E-state index in [0.717, 1.165) is 24.1 Å². The van der Waals surface area contributed by atoms with E-state index in [1.54, 1.807) is 4.90 Å². The maximum absolute atomic E-state index is 12.7. The van der Waals surface area contributed by atoms with Gasteiger partial charge in [0.2, 0.25) is 17.7 Å². The van der Waals surface area contributed by atoms with Gasteiger partial charge in [0, 0.05) is 12.2 Å². The van der Waals surface area contributed by atoms with Gasteiger partial charge in [0.05, 0.1) is 11.8 Å². The van der Waals surface area contributed by atoms with Gasteiger partial charge in [0.1, 0.15) is 6.54 Å². The molecule has 1 saturated carbocycles. The number of amides is 3. The molecule has 4 atom stereocenters. The third-order valence-electron chi connectivity index (χ3n) is 6.04. The first-order chi connectivity index (χ1) is 11.6. The summed E-state index contributed by atoms with van der Waals surface area (Å²) in [6.07, 6.45) is 5.87. The van der Waals surface area contributed by atoms with Crippen molar-refractivity contribution in [2.75, 3.05) is 18.0 Å². The topological polar surface area (TPSA) is 57.7 Å². The lowest BCUT2D eigenvalue weighted by Crippen LogP contribution is -2.43. The number of hydrogen-bond donors (Lipinski definition) is 0. The number of fused-ring (bicyclic) bond motifs is 6. The molecule has 2 bridgehead atoms. The highest BCUT2D eigenvalue weighted by Crippen LogP contribution is 2.52. The van der Waals surface area contributed by atoms with Crippen LogP contribution in [-0.4, -0.2) is 35.7 Å². The third kappa shape index (κ3) is 1.72. The Balaban J connectivity index is 1.37. The van der Waals surface area contributed by atoms with E-state index in [4.69, 9.17) is 0 Å². The Morgan fingerprint density at radius 1 is 1.04 bits per heavy atom. The highest BCUT2D eigenvalue weighted by atomic mass is 16.2. The van der Waals surface area contributed by atoms with Gasteiger partial charge >= 0.3 is 0 Å². The van der Waals surface area contributed by atoms with Crippen LogP contribution in [-0.2, 0) is 20.8 Å². The zero-order chi connectivity index (χ0) is 16.4. The quantitative estimate of drug-likeness (QED) is 0.611. The predicted molar refractivity (Wildman–Crippen MR) is 86.9 cm³/mol. The molecule has 5 rings (SSSR count). The Labute approximate surface area is 139 Å². The minimum atomic E-state index is -0.230. The van der Waals surface area contributed by atoms with E-state index in [9.17, 15) is 14.4 Å². The standard InChI is InChI=1S/C19H18N2O3/c22-15(20-8-7-11-3-1-2-4-14(11)20)10-21-18(23)16-12-5-6-13(9-12)17(16)19(21)24/h1-6,12-13,16-17H,7-10H2/t12-,13-,16-,17-/m0/s1. The molecule has 2 heterocycles. The average molecular weight is 322 g/mol. The number of rotatable bonds is 2. The summed E-state index contributed by atoms with van der Waals surface area (Å²) in [5, 5.41) is 0. The first-order valence-electron chi connectivity index (χ1n) is 8.57. The number of carbonyl (C=O) groups is 3. The minimum absolute atomic E-state index is 0.127. The minimum Gasteiger partial charge on any atom is -0.310 e. The Hall–Kier alpha value is -2.43. The van der Waals surface area contributed by atoms with Crippen LogP contribution >= 0.6 is 0 Å². The van der Waals surface area contributed by atoms with Crippen LogP contribution in [0.1, 0.15) is 12.0 Å². The normalized spacial score (nSPS) is 32.7. The molecular weight excluding hydrogens is 304 g/mol. The Kier molecular flexibility index (Phi) is 2.78. The second-order valence-corrected chi connectivity index (χ2v) is 7.19. The number of nitrogens with zero attached hydrogens (tertiary/aromatic N) is 2. The Bertz CT molecular complexity index is 770. The largest absolute Gasteiger partial charge is 0.310 e. The number of para-hydroxylation sites is 1. The van der Waals surface area contributed by atoms with Crippen LogP contribution < -0.4 is 4.90 Å². The van der Waals surface area contributed by atoms with Crippen LogP contribution in [0.4, 0.5) is 5.69 Å². The van der Waals surface area contributed by atoms with Crippen molar-refractivity contribution in [3.63, 3.8) is 0 Å². The van der Waals surface area contributed by atoms with Crippen LogP contribution in [0.2, 0.25) is 0 Å². The molecular formula is C19H18N2O3. The zero-order valence-electron chi connectivity index (χ0n) is 13.2. The molecule has 2 aliphatic heterocycles. The van der Waals surface area contributed by atoms with Crippen LogP contribution in [0.5, 0.6) is 0 Å². The molecule has 5 heteroatoms. The van der Waals surface area contributed by atoms with Crippen molar-refractivity contribution in [1.29, 1.82) is 0 Å². The van der Waals surface area contributed by atoms with Crippen molar-refractivity contribution in [2.45, 2.75) is 12.8 Å².